The van der Waals surface area contributed by atoms with Crippen molar-refractivity contribution >= 4 is 28.8 Å². The number of halogens is 1. The number of alkyl halides is 1. The van der Waals surface area contributed by atoms with Crippen LogP contribution in [0, 0.1) is 0 Å². The molecule has 0 aliphatic heterocycles. The highest BCUT2D eigenvalue weighted by molar-refractivity contribution is 5.95. The number of pyridine rings is 2. The third kappa shape index (κ3) is 3.60. The Labute approximate surface area is 131 Å². The smallest absolute Gasteiger partial charge is 0.212 e. The van der Waals surface area contributed by atoms with Crippen molar-refractivity contribution in [3.8, 4) is 11.3 Å². The van der Waals surface area contributed by atoms with Gasteiger partial charge >= 0.3 is 0 Å². The highest BCUT2D eigenvalue weighted by Gasteiger charge is 2.18. The van der Waals surface area contributed by atoms with Crippen molar-refractivity contribution in [3.63, 3.8) is 0 Å². The van der Waals surface area contributed by atoms with Crippen LogP contribution in [0.25, 0.3) is 22.0 Å². The van der Waals surface area contributed by atoms with Gasteiger partial charge < -0.3 is 11.1 Å². The lowest BCUT2D eigenvalue weighted by atomic mass is 10.1. The number of anilines is 2. The fourth-order valence-electron chi connectivity index (χ4n) is 1.92. The molecule has 0 bridgehead atoms. The van der Waals surface area contributed by atoms with E-state index in [0.29, 0.717) is 23.7 Å². The van der Waals surface area contributed by atoms with Gasteiger partial charge in [0, 0.05) is 23.3 Å². The second kappa shape index (κ2) is 6.39. The molecule has 0 unspecified atom stereocenters. The van der Waals surface area contributed by atoms with Crippen LogP contribution in [-0.2, 0) is 4.79 Å². The molecule has 0 spiro atoms. The summed E-state index contributed by atoms with van der Waals surface area (Å²) in [6.45, 7) is 0. The number of nitrogens with one attached hydrogen (secondary N) is 2. The average Bonchev–Trinajstić information content (AvgIpc) is 3.14. The SMILES string of the molecule is FC1CC1.Nc1nc(-c2cn[nH]c2)cc2cc(NC=O)ncc12. The zero-order valence-electron chi connectivity index (χ0n) is 12.2. The summed E-state index contributed by atoms with van der Waals surface area (Å²) in [6.07, 6.45) is 6.79. The number of carbonyl (C=O) groups excluding carboxylic acids is 1. The Hall–Kier alpha value is -3.03. The van der Waals surface area contributed by atoms with E-state index in [2.05, 4.69) is 25.5 Å². The molecule has 1 saturated carbocycles. The Morgan fingerprint density at radius 3 is 2.74 bits per heavy atom. The predicted octanol–water partition coefficient (Wildman–Crippen LogP) is 2.29. The number of aromatic nitrogens is 4. The summed E-state index contributed by atoms with van der Waals surface area (Å²) in [6, 6.07) is 3.61. The Bertz CT molecular complexity index is 816. The summed E-state index contributed by atoms with van der Waals surface area (Å²) in [7, 11) is 0. The van der Waals surface area contributed by atoms with Crippen LogP contribution in [0.2, 0.25) is 0 Å². The van der Waals surface area contributed by atoms with Crippen molar-refractivity contribution in [3.05, 3.63) is 30.7 Å². The van der Waals surface area contributed by atoms with Gasteiger partial charge in [-0.15, -0.1) is 0 Å². The maximum atomic E-state index is 11.1. The van der Waals surface area contributed by atoms with E-state index < -0.39 is 6.17 Å². The van der Waals surface area contributed by atoms with Crippen LogP contribution in [0.5, 0.6) is 0 Å². The minimum atomic E-state index is -0.417. The van der Waals surface area contributed by atoms with Gasteiger partial charge in [0.25, 0.3) is 0 Å². The molecule has 0 radical (unpaired) electrons. The van der Waals surface area contributed by atoms with Gasteiger partial charge in [0.2, 0.25) is 6.41 Å². The van der Waals surface area contributed by atoms with Crippen molar-refractivity contribution in [1.29, 1.82) is 0 Å². The molecule has 1 fully saturated rings. The van der Waals surface area contributed by atoms with E-state index in [0.717, 1.165) is 29.2 Å². The second-order valence-electron chi connectivity index (χ2n) is 5.11. The number of H-pyrrole nitrogens is 1. The van der Waals surface area contributed by atoms with Crippen LogP contribution in [-0.4, -0.2) is 32.7 Å². The number of nitrogen functional groups attached to an aromatic ring is 1. The molecular formula is C15H15FN6O. The first kappa shape index (κ1) is 14.9. The van der Waals surface area contributed by atoms with Crippen LogP contribution in [0.1, 0.15) is 12.8 Å². The van der Waals surface area contributed by atoms with Gasteiger partial charge in [-0.25, -0.2) is 14.4 Å². The van der Waals surface area contributed by atoms with E-state index in [-0.39, 0.29) is 0 Å². The van der Waals surface area contributed by atoms with Gasteiger partial charge in [-0.3, -0.25) is 9.89 Å². The molecule has 3 heterocycles. The van der Waals surface area contributed by atoms with Crippen molar-refractivity contribution in [1.82, 2.24) is 20.2 Å². The number of nitrogens with two attached hydrogens (primary N) is 1. The number of hydrogen-bond acceptors (Lipinski definition) is 5. The zero-order chi connectivity index (χ0) is 16.2. The van der Waals surface area contributed by atoms with Gasteiger partial charge in [-0.2, -0.15) is 5.10 Å². The molecule has 0 saturated heterocycles. The Morgan fingerprint density at radius 1 is 1.35 bits per heavy atom. The molecule has 3 aromatic heterocycles. The second-order valence-corrected chi connectivity index (χ2v) is 5.11. The van der Waals surface area contributed by atoms with Gasteiger partial charge in [-0.05, 0) is 30.4 Å². The van der Waals surface area contributed by atoms with E-state index in [1.54, 1.807) is 24.7 Å². The van der Waals surface area contributed by atoms with Gasteiger partial charge in [-0.1, -0.05) is 0 Å². The number of amides is 1. The first-order valence-electron chi connectivity index (χ1n) is 7.07. The number of fused-ring (bicyclic) bond motifs is 1. The molecule has 0 atom stereocenters. The monoisotopic (exact) mass is 314 g/mol. The average molecular weight is 314 g/mol. The van der Waals surface area contributed by atoms with Crippen LogP contribution in [0.4, 0.5) is 16.0 Å². The molecule has 23 heavy (non-hydrogen) atoms. The Kier molecular flexibility index (Phi) is 4.13. The van der Waals surface area contributed by atoms with E-state index in [9.17, 15) is 9.18 Å². The molecule has 4 N–H and O–H groups in total. The van der Waals surface area contributed by atoms with Crippen LogP contribution in [0.3, 0.4) is 0 Å². The highest BCUT2D eigenvalue weighted by Crippen LogP contribution is 2.26. The number of rotatable bonds is 3. The summed E-state index contributed by atoms with van der Waals surface area (Å²) < 4.78 is 11.1. The number of carbonyl (C=O) groups is 1. The third-order valence-electron chi connectivity index (χ3n) is 3.25. The minimum Gasteiger partial charge on any atom is -0.383 e. The van der Waals surface area contributed by atoms with Gasteiger partial charge in [0.15, 0.2) is 0 Å². The number of nitrogens with zero attached hydrogens (tertiary/aromatic N) is 3. The molecule has 1 aliphatic carbocycles. The quantitative estimate of drug-likeness (QED) is 0.643. The summed E-state index contributed by atoms with van der Waals surface area (Å²) in [5.41, 5.74) is 7.47. The predicted molar refractivity (Wildman–Crippen MR) is 85.3 cm³/mol. The lowest BCUT2D eigenvalue weighted by molar-refractivity contribution is -0.105. The standard InChI is InChI=1S/C12H10N6O.C3H5F/c13-12-9-5-14-11(15-6-19)2-7(9)1-10(18-12)8-3-16-17-4-8;4-3-1-2-3/h1-6H,(H2,13,18)(H,16,17)(H,14,15,19);3H,1-2H2. The summed E-state index contributed by atoms with van der Waals surface area (Å²) >= 11 is 0. The zero-order valence-corrected chi connectivity index (χ0v) is 12.2. The molecule has 7 nitrogen and oxygen atoms in total. The van der Waals surface area contributed by atoms with Crippen molar-refractivity contribution < 1.29 is 9.18 Å². The first-order chi connectivity index (χ1) is 11.2. The highest BCUT2D eigenvalue weighted by atomic mass is 19.1. The van der Waals surface area contributed by atoms with Crippen molar-refractivity contribution in [2.75, 3.05) is 11.1 Å². The maximum Gasteiger partial charge on any atom is 0.212 e. The topological polar surface area (TPSA) is 110 Å². The summed E-state index contributed by atoms with van der Waals surface area (Å²) in [5, 5.41) is 10.7. The number of hydrogen-bond donors (Lipinski definition) is 3. The lowest BCUT2D eigenvalue weighted by Gasteiger charge is -2.06. The van der Waals surface area contributed by atoms with E-state index in [4.69, 9.17) is 5.73 Å². The van der Waals surface area contributed by atoms with Crippen molar-refractivity contribution in [2.24, 2.45) is 0 Å². The van der Waals surface area contributed by atoms with Gasteiger partial charge in [0.1, 0.15) is 17.8 Å². The third-order valence-corrected chi connectivity index (χ3v) is 3.25. The molecule has 4 rings (SSSR count). The molecule has 118 valence electrons. The molecule has 1 aliphatic rings. The van der Waals surface area contributed by atoms with Gasteiger partial charge in [0.05, 0.1) is 11.9 Å². The Morgan fingerprint density at radius 2 is 2.13 bits per heavy atom. The van der Waals surface area contributed by atoms with E-state index >= 15 is 0 Å². The molecule has 3 aromatic rings. The summed E-state index contributed by atoms with van der Waals surface area (Å²) in [5.74, 6) is 0.852. The fraction of sp³-hybridized carbons (Fsp3) is 0.200. The Balaban J connectivity index is 0.000000341. The lowest BCUT2D eigenvalue weighted by Crippen LogP contribution is -1.99. The van der Waals surface area contributed by atoms with E-state index in [1.165, 1.54) is 0 Å². The maximum absolute atomic E-state index is 11.1. The largest absolute Gasteiger partial charge is 0.383 e. The molecule has 0 aromatic carbocycles. The fourth-order valence-corrected chi connectivity index (χ4v) is 1.92. The van der Waals surface area contributed by atoms with E-state index in [1.807, 2.05) is 6.07 Å². The number of aromatic amines is 1. The molecular weight excluding hydrogens is 299 g/mol. The van der Waals surface area contributed by atoms with Crippen LogP contribution in [0.15, 0.2) is 30.7 Å². The minimum absolute atomic E-state index is 0.388. The molecule has 8 heteroatoms. The first-order valence-corrected chi connectivity index (χ1v) is 7.07. The van der Waals surface area contributed by atoms with Crippen LogP contribution >= 0.6 is 0 Å². The molecule has 1 amide bonds. The normalized spacial score (nSPS) is 13.3. The van der Waals surface area contributed by atoms with Crippen LogP contribution < -0.4 is 11.1 Å². The van der Waals surface area contributed by atoms with Crippen molar-refractivity contribution in [2.45, 2.75) is 19.0 Å². The summed E-state index contributed by atoms with van der Waals surface area (Å²) in [4.78, 5) is 18.8.